The smallest absolute Gasteiger partial charge is 0.305 e. The summed E-state index contributed by atoms with van der Waals surface area (Å²) in [5, 5.41) is 15.4. The van der Waals surface area contributed by atoms with E-state index >= 15 is 0 Å². The molecule has 1 unspecified atom stereocenters. The number of carbonyl (C=O) groups excluding carboxylic acids is 1. The Labute approximate surface area is 202 Å². The average Bonchev–Trinajstić information content (AvgIpc) is 3.22. The molecule has 1 aliphatic rings. The molecule has 3 aromatic rings. The number of nitrogens with one attached hydrogen (secondary N) is 3. The molecular weight excluding hydrogens is 451 g/mol. The monoisotopic (exact) mass is 480 g/mol. The predicted octanol–water partition coefficient (Wildman–Crippen LogP) is 3.95. The van der Waals surface area contributed by atoms with Gasteiger partial charge in [-0.3, -0.25) is 9.59 Å². The Bertz CT molecular complexity index is 1240. The standard InChI is InChI=1S/C26H29FN4O4/c1-15-17(6-9-19-8-5-16-4-3-11-28-25(16)30-19)13-22(29-15)26(34)31-21(14-24(32)33)18-7-10-23(35-2)20(27)12-18/h5,7-8,10,12-13,21,29H,3-4,6,9,11,14H2,1-2H3,(H,28,30)(H,31,34)(H,32,33). The number of hydrogen-bond acceptors (Lipinski definition) is 5. The van der Waals surface area contributed by atoms with Gasteiger partial charge in [-0.2, -0.15) is 0 Å². The van der Waals surface area contributed by atoms with Gasteiger partial charge in [0.15, 0.2) is 11.6 Å². The number of carboxylic acids is 1. The van der Waals surface area contributed by atoms with Gasteiger partial charge in [-0.15, -0.1) is 0 Å². The zero-order chi connectivity index (χ0) is 24.9. The van der Waals surface area contributed by atoms with Gasteiger partial charge in [-0.25, -0.2) is 9.37 Å². The third kappa shape index (κ3) is 5.79. The van der Waals surface area contributed by atoms with Crippen molar-refractivity contribution in [2.75, 3.05) is 19.0 Å². The molecule has 0 saturated carbocycles. The van der Waals surface area contributed by atoms with Crippen molar-refractivity contribution < 1.29 is 23.8 Å². The number of nitrogens with zero attached hydrogens (tertiary/aromatic N) is 1. The van der Waals surface area contributed by atoms with Crippen molar-refractivity contribution in [3.8, 4) is 5.75 Å². The first-order valence-corrected chi connectivity index (χ1v) is 11.6. The number of carboxylic acid groups (broad SMARTS) is 1. The Kier molecular flexibility index (Phi) is 7.33. The zero-order valence-corrected chi connectivity index (χ0v) is 19.8. The van der Waals surface area contributed by atoms with E-state index in [1.165, 1.54) is 24.8 Å². The number of carbonyl (C=O) groups is 2. The van der Waals surface area contributed by atoms with Crippen LogP contribution in [0, 0.1) is 12.7 Å². The fourth-order valence-electron chi connectivity index (χ4n) is 4.32. The molecule has 0 saturated heterocycles. The third-order valence-corrected chi connectivity index (χ3v) is 6.23. The number of pyridine rings is 1. The number of rotatable bonds is 9. The van der Waals surface area contributed by atoms with E-state index in [1.807, 2.05) is 13.0 Å². The van der Waals surface area contributed by atoms with Gasteiger partial charge in [0.1, 0.15) is 11.5 Å². The van der Waals surface area contributed by atoms with Gasteiger partial charge in [0.05, 0.1) is 19.6 Å². The van der Waals surface area contributed by atoms with E-state index in [9.17, 15) is 19.1 Å². The average molecular weight is 481 g/mol. The van der Waals surface area contributed by atoms with Crippen LogP contribution in [-0.4, -0.2) is 40.6 Å². The number of anilines is 1. The Morgan fingerprint density at radius 3 is 2.80 bits per heavy atom. The van der Waals surface area contributed by atoms with Gasteiger partial charge < -0.3 is 25.5 Å². The number of aromatic nitrogens is 2. The fraction of sp³-hybridized carbons (Fsp3) is 0.346. The minimum Gasteiger partial charge on any atom is -0.494 e. The quantitative estimate of drug-likeness (QED) is 0.369. The number of ether oxygens (including phenoxy) is 1. The minimum absolute atomic E-state index is 0.0444. The highest BCUT2D eigenvalue weighted by molar-refractivity contribution is 5.93. The van der Waals surface area contributed by atoms with Crippen LogP contribution in [0.3, 0.4) is 0 Å². The minimum atomic E-state index is -1.11. The van der Waals surface area contributed by atoms with E-state index in [2.05, 4.69) is 21.7 Å². The van der Waals surface area contributed by atoms with Crippen LogP contribution in [0.25, 0.3) is 0 Å². The summed E-state index contributed by atoms with van der Waals surface area (Å²) >= 11 is 0. The maximum absolute atomic E-state index is 14.2. The van der Waals surface area contributed by atoms with Crippen molar-refractivity contribution in [3.63, 3.8) is 0 Å². The molecule has 35 heavy (non-hydrogen) atoms. The Balaban J connectivity index is 1.45. The molecular formula is C26H29FN4O4. The highest BCUT2D eigenvalue weighted by atomic mass is 19.1. The number of H-pyrrole nitrogens is 1. The number of amides is 1. The van der Waals surface area contributed by atoms with E-state index in [0.717, 1.165) is 48.6 Å². The molecule has 9 heteroatoms. The van der Waals surface area contributed by atoms with Crippen LogP contribution < -0.4 is 15.4 Å². The maximum Gasteiger partial charge on any atom is 0.305 e. The summed E-state index contributed by atoms with van der Waals surface area (Å²) in [5.74, 6) is -1.19. The number of aliphatic carboxylic acids is 1. The number of halogens is 1. The van der Waals surface area contributed by atoms with Gasteiger partial charge in [-0.1, -0.05) is 12.1 Å². The van der Waals surface area contributed by atoms with E-state index < -0.39 is 23.7 Å². The summed E-state index contributed by atoms with van der Waals surface area (Å²) in [6.45, 7) is 2.83. The number of aryl methyl sites for hydroxylation is 4. The molecule has 0 fully saturated rings. The Morgan fingerprint density at radius 1 is 1.23 bits per heavy atom. The number of aromatic amines is 1. The number of benzene rings is 1. The summed E-state index contributed by atoms with van der Waals surface area (Å²) in [4.78, 5) is 32.1. The lowest BCUT2D eigenvalue weighted by atomic mass is 10.0. The fourth-order valence-corrected chi connectivity index (χ4v) is 4.32. The Hall–Kier alpha value is -3.88. The van der Waals surface area contributed by atoms with E-state index in [1.54, 1.807) is 12.1 Å². The molecule has 1 atom stereocenters. The summed E-state index contributed by atoms with van der Waals surface area (Å²) in [5.41, 5.74) is 4.72. The molecule has 0 aliphatic carbocycles. The molecule has 4 N–H and O–H groups in total. The summed E-state index contributed by atoms with van der Waals surface area (Å²) in [6, 6.07) is 9.17. The van der Waals surface area contributed by atoms with Crippen LogP contribution >= 0.6 is 0 Å². The molecule has 1 amide bonds. The second-order valence-corrected chi connectivity index (χ2v) is 8.69. The molecule has 0 radical (unpaired) electrons. The van der Waals surface area contributed by atoms with Gasteiger partial charge in [-0.05, 0) is 73.6 Å². The van der Waals surface area contributed by atoms with E-state index in [0.29, 0.717) is 17.7 Å². The zero-order valence-electron chi connectivity index (χ0n) is 19.8. The van der Waals surface area contributed by atoms with Crippen molar-refractivity contribution >= 4 is 17.7 Å². The highest BCUT2D eigenvalue weighted by Crippen LogP contribution is 2.25. The van der Waals surface area contributed by atoms with Crippen LogP contribution in [-0.2, 0) is 24.1 Å². The lowest BCUT2D eigenvalue weighted by Crippen LogP contribution is -2.30. The predicted molar refractivity (Wildman–Crippen MR) is 129 cm³/mol. The molecule has 3 heterocycles. The van der Waals surface area contributed by atoms with Crippen molar-refractivity contribution in [2.24, 2.45) is 0 Å². The van der Waals surface area contributed by atoms with Crippen LogP contribution in [0.4, 0.5) is 10.2 Å². The van der Waals surface area contributed by atoms with Gasteiger partial charge in [0, 0.05) is 17.9 Å². The van der Waals surface area contributed by atoms with Crippen molar-refractivity contribution in [3.05, 3.63) is 76.0 Å². The number of hydrogen-bond donors (Lipinski definition) is 4. The first-order valence-electron chi connectivity index (χ1n) is 11.6. The van der Waals surface area contributed by atoms with Crippen LogP contribution in [0.1, 0.15) is 57.5 Å². The normalized spacial score (nSPS) is 13.5. The molecule has 1 aromatic carbocycles. The number of methoxy groups -OCH3 is 1. The SMILES string of the molecule is COc1ccc(C(CC(=O)O)NC(=O)c2cc(CCc3ccc4c(n3)NCCC4)c(C)[nH]2)cc1F. The first-order chi connectivity index (χ1) is 16.8. The lowest BCUT2D eigenvalue weighted by molar-refractivity contribution is -0.137. The molecule has 4 rings (SSSR count). The molecule has 0 bridgehead atoms. The topological polar surface area (TPSA) is 116 Å². The van der Waals surface area contributed by atoms with E-state index in [4.69, 9.17) is 9.72 Å². The second kappa shape index (κ2) is 10.6. The Morgan fingerprint density at radius 2 is 2.06 bits per heavy atom. The second-order valence-electron chi connectivity index (χ2n) is 8.69. The summed E-state index contributed by atoms with van der Waals surface area (Å²) < 4.78 is 19.1. The van der Waals surface area contributed by atoms with E-state index in [-0.39, 0.29) is 12.2 Å². The molecule has 184 valence electrons. The van der Waals surface area contributed by atoms with Crippen LogP contribution in [0.5, 0.6) is 5.75 Å². The summed E-state index contributed by atoms with van der Waals surface area (Å²) in [6.07, 6.45) is 3.19. The van der Waals surface area contributed by atoms with Crippen molar-refractivity contribution in [1.82, 2.24) is 15.3 Å². The molecule has 2 aromatic heterocycles. The van der Waals surface area contributed by atoms with Gasteiger partial charge in [0.2, 0.25) is 0 Å². The molecule has 8 nitrogen and oxygen atoms in total. The maximum atomic E-state index is 14.2. The lowest BCUT2D eigenvalue weighted by Gasteiger charge is -2.18. The van der Waals surface area contributed by atoms with Crippen molar-refractivity contribution in [2.45, 2.75) is 45.1 Å². The highest BCUT2D eigenvalue weighted by Gasteiger charge is 2.22. The first kappa shape index (κ1) is 24.3. The van der Waals surface area contributed by atoms with Gasteiger partial charge >= 0.3 is 5.97 Å². The van der Waals surface area contributed by atoms with Gasteiger partial charge in [0.25, 0.3) is 5.91 Å². The van der Waals surface area contributed by atoms with Crippen LogP contribution in [0.2, 0.25) is 0 Å². The third-order valence-electron chi connectivity index (χ3n) is 6.23. The van der Waals surface area contributed by atoms with Crippen LogP contribution in [0.15, 0.2) is 36.4 Å². The largest absolute Gasteiger partial charge is 0.494 e. The number of fused-ring (bicyclic) bond motifs is 1. The summed E-state index contributed by atoms with van der Waals surface area (Å²) in [7, 11) is 1.35. The van der Waals surface area contributed by atoms with Crippen molar-refractivity contribution in [1.29, 1.82) is 0 Å². The molecule has 1 aliphatic heterocycles. The molecule has 0 spiro atoms.